The van der Waals surface area contributed by atoms with Crippen molar-refractivity contribution in [1.29, 1.82) is 0 Å². The van der Waals surface area contributed by atoms with Crippen molar-refractivity contribution in [1.82, 2.24) is 9.88 Å². The van der Waals surface area contributed by atoms with E-state index in [-0.39, 0.29) is 5.91 Å². The van der Waals surface area contributed by atoms with Crippen molar-refractivity contribution < 1.29 is 4.79 Å². The van der Waals surface area contributed by atoms with Crippen molar-refractivity contribution in [2.75, 3.05) is 6.54 Å². The second-order valence-corrected chi connectivity index (χ2v) is 5.49. The van der Waals surface area contributed by atoms with Gasteiger partial charge in [0.1, 0.15) is 0 Å². The fourth-order valence-corrected chi connectivity index (χ4v) is 2.74. The van der Waals surface area contributed by atoms with Gasteiger partial charge in [0.05, 0.1) is 0 Å². The van der Waals surface area contributed by atoms with Crippen LogP contribution in [0.25, 0.3) is 10.9 Å². The number of fused-ring (bicyclic) bond motifs is 1. The Balaban J connectivity index is 1.91. The summed E-state index contributed by atoms with van der Waals surface area (Å²) < 4.78 is 0. The fraction of sp³-hybridized carbons (Fsp3) is 0.471. The van der Waals surface area contributed by atoms with Gasteiger partial charge in [0.15, 0.2) is 0 Å². The van der Waals surface area contributed by atoms with Gasteiger partial charge in [-0.25, -0.2) is 0 Å². The summed E-state index contributed by atoms with van der Waals surface area (Å²) in [5.74, 6) is 0.266. The number of aromatic nitrogens is 1. The number of benzene rings is 1. The lowest BCUT2D eigenvalue weighted by molar-refractivity contribution is -0.132. The molecule has 0 unspecified atom stereocenters. The van der Waals surface area contributed by atoms with Crippen LogP contribution in [0, 0.1) is 0 Å². The van der Waals surface area contributed by atoms with Crippen molar-refractivity contribution in [2.24, 2.45) is 0 Å². The van der Waals surface area contributed by atoms with Gasteiger partial charge in [-0.15, -0.1) is 0 Å². The highest BCUT2D eigenvalue weighted by molar-refractivity contribution is 5.83. The van der Waals surface area contributed by atoms with Gasteiger partial charge in [0, 0.05) is 36.1 Å². The molecule has 20 heavy (non-hydrogen) atoms. The molecule has 0 aliphatic carbocycles. The van der Waals surface area contributed by atoms with Crippen LogP contribution in [0.15, 0.2) is 30.5 Å². The summed E-state index contributed by atoms with van der Waals surface area (Å²) in [6.07, 6.45) is 4.55. The third kappa shape index (κ3) is 3.21. The number of nitrogens with zero attached hydrogens (tertiary/aromatic N) is 1. The SMILES string of the molecule is CCN(C(=O)CCCc1c[nH]c2ccccc12)C(C)C. The lowest BCUT2D eigenvalue weighted by atomic mass is 10.1. The van der Waals surface area contributed by atoms with Gasteiger partial charge in [-0.3, -0.25) is 4.79 Å². The Labute approximate surface area is 121 Å². The zero-order valence-corrected chi connectivity index (χ0v) is 12.6. The van der Waals surface area contributed by atoms with E-state index in [1.54, 1.807) is 0 Å². The van der Waals surface area contributed by atoms with Crippen LogP contribution in [-0.4, -0.2) is 28.4 Å². The first-order valence-corrected chi connectivity index (χ1v) is 7.48. The third-order valence-corrected chi connectivity index (χ3v) is 3.80. The zero-order chi connectivity index (χ0) is 14.5. The topological polar surface area (TPSA) is 36.1 Å². The summed E-state index contributed by atoms with van der Waals surface area (Å²) in [6, 6.07) is 8.61. The minimum atomic E-state index is 0.266. The average molecular weight is 272 g/mol. The minimum Gasteiger partial charge on any atom is -0.361 e. The zero-order valence-electron chi connectivity index (χ0n) is 12.6. The molecule has 1 amide bonds. The highest BCUT2D eigenvalue weighted by Crippen LogP contribution is 2.19. The maximum Gasteiger partial charge on any atom is 0.222 e. The number of para-hydroxylation sites is 1. The van der Waals surface area contributed by atoms with Crippen molar-refractivity contribution in [3.05, 3.63) is 36.0 Å². The summed E-state index contributed by atoms with van der Waals surface area (Å²) in [5, 5.41) is 1.27. The summed E-state index contributed by atoms with van der Waals surface area (Å²) in [5.41, 5.74) is 2.48. The normalized spacial score (nSPS) is 11.2. The van der Waals surface area contributed by atoms with Gasteiger partial charge in [-0.05, 0) is 45.2 Å². The smallest absolute Gasteiger partial charge is 0.222 e. The van der Waals surface area contributed by atoms with Gasteiger partial charge in [0.2, 0.25) is 5.91 Å². The molecule has 0 atom stereocenters. The Hall–Kier alpha value is -1.77. The second-order valence-electron chi connectivity index (χ2n) is 5.49. The van der Waals surface area contributed by atoms with Gasteiger partial charge in [-0.2, -0.15) is 0 Å². The van der Waals surface area contributed by atoms with E-state index in [1.807, 2.05) is 17.9 Å². The molecule has 1 aromatic heterocycles. The number of H-pyrrole nitrogens is 1. The number of carbonyl (C=O) groups excluding carboxylic acids is 1. The second kappa shape index (κ2) is 6.60. The molecule has 0 bridgehead atoms. The molecule has 1 heterocycles. The van der Waals surface area contributed by atoms with E-state index in [4.69, 9.17) is 0 Å². The molecule has 0 saturated carbocycles. The van der Waals surface area contributed by atoms with Crippen LogP contribution >= 0.6 is 0 Å². The molecule has 3 nitrogen and oxygen atoms in total. The molecule has 0 spiro atoms. The first-order valence-electron chi connectivity index (χ1n) is 7.48. The Kier molecular flexibility index (Phi) is 4.83. The summed E-state index contributed by atoms with van der Waals surface area (Å²) >= 11 is 0. The van der Waals surface area contributed by atoms with Crippen molar-refractivity contribution in [3.8, 4) is 0 Å². The number of amides is 1. The quantitative estimate of drug-likeness (QED) is 0.854. The van der Waals surface area contributed by atoms with Gasteiger partial charge < -0.3 is 9.88 Å². The highest BCUT2D eigenvalue weighted by atomic mass is 16.2. The van der Waals surface area contributed by atoms with Crippen LogP contribution in [0.1, 0.15) is 39.2 Å². The summed E-state index contributed by atoms with van der Waals surface area (Å²) in [4.78, 5) is 17.3. The van der Waals surface area contributed by atoms with E-state index in [2.05, 4.69) is 43.2 Å². The minimum absolute atomic E-state index is 0.266. The number of rotatable bonds is 6. The van der Waals surface area contributed by atoms with Crippen LogP contribution in [-0.2, 0) is 11.2 Å². The van der Waals surface area contributed by atoms with Crippen LogP contribution in [0.3, 0.4) is 0 Å². The maximum atomic E-state index is 12.1. The summed E-state index contributed by atoms with van der Waals surface area (Å²) in [7, 11) is 0. The Morgan fingerprint density at radius 1 is 1.30 bits per heavy atom. The lowest BCUT2D eigenvalue weighted by Crippen LogP contribution is -2.36. The molecule has 1 N–H and O–H groups in total. The number of hydrogen-bond donors (Lipinski definition) is 1. The van der Waals surface area contributed by atoms with Crippen molar-refractivity contribution in [3.63, 3.8) is 0 Å². The monoisotopic (exact) mass is 272 g/mol. The van der Waals surface area contributed by atoms with Crippen LogP contribution in [0.5, 0.6) is 0 Å². The molecule has 0 radical (unpaired) electrons. The number of aromatic amines is 1. The van der Waals surface area contributed by atoms with E-state index in [0.717, 1.165) is 19.4 Å². The largest absolute Gasteiger partial charge is 0.361 e. The Morgan fingerprint density at radius 2 is 2.05 bits per heavy atom. The third-order valence-electron chi connectivity index (χ3n) is 3.80. The predicted molar refractivity (Wildman–Crippen MR) is 83.8 cm³/mol. The standard InChI is InChI=1S/C17H24N2O/c1-4-19(13(2)3)17(20)11-7-8-14-12-18-16-10-6-5-9-15(14)16/h5-6,9-10,12-13,18H,4,7-8,11H2,1-3H3. The molecular formula is C17H24N2O. The van der Waals surface area contributed by atoms with Crippen molar-refractivity contribution in [2.45, 2.75) is 46.1 Å². The molecule has 0 aliphatic rings. The first kappa shape index (κ1) is 14.6. The fourth-order valence-electron chi connectivity index (χ4n) is 2.74. The maximum absolute atomic E-state index is 12.1. The van der Waals surface area contributed by atoms with Crippen LogP contribution < -0.4 is 0 Å². The summed E-state index contributed by atoms with van der Waals surface area (Å²) in [6.45, 7) is 6.98. The number of nitrogens with one attached hydrogen (secondary N) is 1. The Morgan fingerprint density at radius 3 is 2.75 bits per heavy atom. The molecular weight excluding hydrogens is 248 g/mol. The molecule has 108 valence electrons. The molecule has 1 aromatic carbocycles. The average Bonchev–Trinajstić information content (AvgIpc) is 2.83. The predicted octanol–water partition coefficient (Wildman–Crippen LogP) is 3.75. The molecule has 2 aromatic rings. The molecule has 3 heteroatoms. The number of carbonyl (C=O) groups is 1. The van der Waals surface area contributed by atoms with Gasteiger partial charge >= 0.3 is 0 Å². The van der Waals surface area contributed by atoms with E-state index >= 15 is 0 Å². The van der Waals surface area contributed by atoms with E-state index < -0.39 is 0 Å². The number of aryl methyl sites for hydroxylation is 1. The molecule has 0 aliphatic heterocycles. The molecule has 0 fully saturated rings. The highest BCUT2D eigenvalue weighted by Gasteiger charge is 2.14. The van der Waals surface area contributed by atoms with Crippen LogP contribution in [0.4, 0.5) is 0 Å². The number of hydrogen-bond acceptors (Lipinski definition) is 1. The Bertz CT molecular complexity index is 571. The van der Waals surface area contributed by atoms with Gasteiger partial charge in [0.25, 0.3) is 0 Å². The van der Waals surface area contributed by atoms with Crippen LogP contribution in [0.2, 0.25) is 0 Å². The molecule has 2 rings (SSSR count). The van der Waals surface area contributed by atoms with Crippen molar-refractivity contribution >= 4 is 16.8 Å². The van der Waals surface area contributed by atoms with E-state index in [0.29, 0.717) is 12.5 Å². The van der Waals surface area contributed by atoms with E-state index in [1.165, 1.54) is 16.5 Å². The molecule has 0 saturated heterocycles. The van der Waals surface area contributed by atoms with Gasteiger partial charge in [-0.1, -0.05) is 18.2 Å². The van der Waals surface area contributed by atoms with E-state index in [9.17, 15) is 4.79 Å². The lowest BCUT2D eigenvalue weighted by Gasteiger charge is -2.25. The first-order chi connectivity index (χ1) is 9.63.